The number of carbonyl (C=O) groups is 1. The summed E-state index contributed by atoms with van der Waals surface area (Å²) in [4.78, 5) is 18.1. The third-order valence-electron chi connectivity index (χ3n) is 6.11. The monoisotopic (exact) mass is 348 g/mol. The normalized spacial score (nSPS) is 29.7. The molecule has 3 aliphatic rings. The van der Waals surface area contributed by atoms with E-state index in [2.05, 4.69) is 16.8 Å². The SMILES string of the molecule is CN1C[C@@H]2CN(C(=O)C3(c4ccc(Cl)cc4)CCOCC3)C[C@@H]2C1. The van der Waals surface area contributed by atoms with Crippen molar-refractivity contribution >= 4 is 17.5 Å². The van der Waals surface area contributed by atoms with Crippen LogP contribution in [0.5, 0.6) is 0 Å². The van der Waals surface area contributed by atoms with Gasteiger partial charge in [-0.1, -0.05) is 23.7 Å². The fourth-order valence-corrected chi connectivity index (χ4v) is 4.94. The average Bonchev–Trinajstić information content (AvgIpc) is 3.12. The van der Waals surface area contributed by atoms with Crippen molar-refractivity contribution in [3.05, 3.63) is 34.9 Å². The molecule has 0 unspecified atom stereocenters. The van der Waals surface area contributed by atoms with Gasteiger partial charge in [0.05, 0.1) is 5.41 Å². The third-order valence-corrected chi connectivity index (χ3v) is 6.36. The lowest BCUT2D eigenvalue weighted by Crippen LogP contribution is -2.49. The smallest absolute Gasteiger partial charge is 0.233 e. The number of likely N-dealkylation sites (tertiary alicyclic amines) is 2. The Balaban J connectivity index is 1.60. The molecule has 0 saturated carbocycles. The van der Waals surface area contributed by atoms with Crippen molar-refractivity contribution in [2.24, 2.45) is 11.8 Å². The zero-order chi connectivity index (χ0) is 16.7. The van der Waals surface area contributed by atoms with Gasteiger partial charge in [-0.15, -0.1) is 0 Å². The lowest BCUT2D eigenvalue weighted by Gasteiger charge is -2.39. The molecular formula is C19H25ClN2O2. The van der Waals surface area contributed by atoms with Crippen LogP contribution in [0, 0.1) is 11.8 Å². The van der Waals surface area contributed by atoms with Crippen LogP contribution in [0.3, 0.4) is 0 Å². The van der Waals surface area contributed by atoms with Gasteiger partial charge in [-0.3, -0.25) is 4.79 Å². The van der Waals surface area contributed by atoms with Crippen molar-refractivity contribution < 1.29 is 9.53 Å². The van der Waals surface area contributed by atoms with Crippen LogP contribution in [0.25, 0.3) is 0 Å². The Morgan fingerprint density at radius 1 is 1.08 bits per heavy atom. The summed E-state index contributed by atoms with van der Waals surface area (Å²) in [5.74, 6) is 1.58. The van der Waals surface area contributed by atoms with Crippen LogP contribution in [0.4, 0.5) is 0 Å². The highest BCUT2D eigenvalue weighted by Crippen LogP contribution is 2.40. The molecule has 4 nitrogen and oxygen atoms in total. The van der Waals surface area contributed by atoms with E-state index >= 15 is 0 Å². The van der Waals surface area contributed by atoms with Gasteiger partial charge in [-0.05, 0) is 49.4 Å². The number of amides is 1. The largest absolute Gasteiger partial charge is 0.381 e. The molecule has 3 aliphatic heterocycles. The van der Waals surface area contributed by atoms with Crippen molar-refractivity contribution in [3.63, 3.8) is 0 Å². The van der Waals surface area contributed by atoms with E-state index in [1.807, 2.05) is 24.3 Å². The Hall–Kier alpha value is -1.10. The van der Waals surface area contributed by atoms with Crippen molar-refractivity contribution in [1.29, 1.82) is 0 Å². The number of rotatable bonds is 2. The minimum Gasteiger partial charge on any atom is -0.381 e. The first-order valence-corrected chi connectivity index (χ1v) is 9.28. The Morgan fingerprint density at radius 2 is 1.67 bits per heavy atom. The van der Waals surface area contributed by atoms with Gasteiger partial charge in [0.15, 0.2) is 0 Å². The number of hydrogen-bond donors (Lipinski definition) is 0. The van der Waals surface area contributed by atoms with E-state index < -0.39 is 5.41 Å². The van der Waals surface area contributed by atoms with E-state index in [1.165, 1.54) is 0 Å². The highest BCUT2D eigenvalue weighted by Gasteiger charge is 2.48. The minimum absolute atomic E-state index is 0.296. The number of benzene rings is 1. The van der Waals surface area contributed by atoms with Crippen molar-refractivity contribution in [2.45, 2.75) is 18.3 Å². The number of ether oxygens (including phenoxy) is 1. The molecule has 24 heavy (non-hydrogen) atoms. The lowest BCUT2D eigenvalue weighted by molar-refractivity contribution is -0.140. The van der Waals surface area contributed by atoms with E-state index in [0.717, 1.165) is 44.6 Å². The van der Waals surface area contributed by atoms with Crippen molar-refractivity contribution in [3.8, 4) is 0 Å². The fourth-order valence-electron chi connectivity index (χ4n) is 4.81. The fraction of sp³-hybridized carbons (Fsp3) is 0.632. The number of carbonyl (C=O) groups excluding carboxylic acids is 1. The number of halogens is 1. The maximum atomic E-state index is 13.5. The third kappa shape index (κ3) is 2.75. The Bertz CT molecular complexity index is 598. The van der Waals surface area contributed by atoms with E-state index in [1.54, 1.807) is 0 Å². The second kappa shape index (κ2) is 6.32. The Labute approximate surface area is 148 Å². The zero-order valence-corrected chi connectivity index (χ0v) is 15.0. The molecule has 3 heterocycles. The summed E-state index contributed by atoms with van der Waals surface area (Å²) < 4.78 is 5.57. The number of nitrogens with zero attached hydrogens (tertiary/aromatic N) is 2. The molecular weight excluding hydrogens is 324 g/mol. The minimum atomic E-state index is -0.437. The molecule has 0 radical (unpaired) electrons. The van der Waals surface area contributed by atoms with Gasteiger partial charge in [-0.25, -0.2) is 0 Å². The Morgan fingerprint density at radius 3 is 2.25 bits per heavy atom. The summed E-state index contributed by atoms with van der Waals surface area (Å²) >= 11 is 6.06. The van der Waals surface area contributed by atoms with Crippen LogP contribution >= 0.6 is 11.6 Å². The van der Waals surface area contributed by atoms with E-state index in [9.17, 15) is 4.79 Å². The van der Waals surface area contributed by atoms with Gasteiger partial charge in [-0.2, -0.15) is 0 Å². The van der Waals surface area contributed by atoms with Crippen LogP contribution < -0.4 is 0 Å². The molecule has 1 aromatic rings. The van der Waals surface area contributed by atoms with Gasteiger partial charge in [0, 0.05) is 44.4 Å². The van der Waals surface area contributed by atoms with Gasteiger partial charge < -0.3 is 14.5 Å². The number of fused-ring (bicyclic) bond motifs is 1. The van der Waals surface area contributed by atoms with Gasteiger partial charge in [0.1, 0.15) is 0 Å². The maximum absolute atomic E-state index is 13.5. The second-order valence-corrected chi connectivity index (χ2v) is 8.09. The summed E-state index contributed by atoms with van der Waals surface area (Å²) in [6, 6.07) is 7.84. The molecule has 0 aliphatic carbocycles. The molecule has 3 fully saturated rings. The first-order valence-electron chi connectivity index (χ1n) is 8.90. The van der Waals surface area contributed by atoms with Crippen molar-refractivity contribution in [2.75, 3.05) is 46.4 Å². The van der Waals surface area contributed by atoms with E-state index in [-0.39, 0.29) is 0 Å². The predicted molar refractivity (Wildman–Crippen MR) is 94.2 cm³/mol. The van der Waals surface area contributed by atoms with Crippen molar-refractivity contribution in [1.82, 2.24) is 9.80 Å². The van der Waals surface area contributed by atoms with Crippen LogP contribution in [0.15, 0.2) is 24.3 Å². The lowest BCUT2D eigenvalue weighted by atomic mass is 9.73. The zero-order valence-electron chi connectivity index (χ0n) is 14.2. The predicted octanol–water partition coefficient (Wildman–Crippen LogP) is 2.41. The maximum Gasteiger partial charge on any atom is 0.233 e. The molecule has 5 heteroatoms. The molecule has 1 amide bonds. The summed E-state index contributed by atoms with van der Waals surface area (Å²) in [5, 5.41) is 0.715. The summed E-state index contributed by atoms with van der Waals surface area (Å²) in [7, 11) is 2.18. The van der Waals surface area contributed by atoms with Crippen LogP contribution in [-0.4, -0.2) is 62.1 Å². The molecule has 1 aromatic carbocycles. The quantitative estimate of drug-likeness (QED) is 0.822. The van der Waals surface area contributed by atoms with Gasteiger partial charge in [0.25, 0.3) is 0 Å². The first kappa shape index (κ1) is 16.4. The standard InChI is InChI=1S/C19H25ClN2O2/c1-21-10-14-12-22(13-15(14)11-21)18(23)19(6-8-24-9-7-19)16-2-4-17(20)5-3-16/h2-5,14-15H,6-13H2,1H3/t14-,15+. The average molecular weight is 349 g/mol. The Kier molecular flexibility index (Phi) is 4.31. The highest BCUT2D eigenvalue weighted by molar-refractivity contribution is 6.30. The summed E-state index contributed by atoms with van der Waals surface area (Å²) in [5.41, 5.74) is 0.655. The van der Waals surface area contributed by atoms with Gasteiger partial charge >= 0.3 is 0 Å². The molecule has 0 spiro atoms. The molecule has 4 rings (SSSR count). The summed E-state index contributed by atoms with van der Waals surface area (Å²) in [6.45, 7) is 5.35. The van der Waals surface area contributed by atoms with Crippen LogP contribution in [0.1, 0.15) is 18.4 Å². The molecule has 2 atom stereocenters. The van der Waals surface area contributed by atoms with Crippen LogP contribution in [-0.2, 0) is 14.9 Å². The molecule has 0 bridgehead atoms. The number of hydrogen-bond acceptors (Lipinski definition) is 3. The highest BCUT2D eigenvalue weighted by atomic mass is 35.5. The van der Waals surface area contributed by atoms with E-state index in [0.29, 0.717) is 36.0 Å². The summed E-state index contributed by atoms with van der Waals surface area (Å²) in [6.07, 6.45) is 1.53. The first-order chi connectivity index (χ1) is 11.6. The molecule has 3 saturated heterocycles. The second-order valence-electron chi connectivity index (χ2n) is 7.65. The topological polar surface area (TPSA) is 32.8 Å². The molecule has 130 valence electrons. The molecule has 0 aromatic heterocycles. The molecule has 0 N–H and O–H groups in total. The van der Waals surface area contributed by atoms with Gasteiger partial charge in [0.2, 0.25) is 5.91 Å². The van der Waals surface area contributed by atoms with Crippen LogP contribution in [0.2, 0.25) is 5.02 Å². The van der Waals surface area contributed by atoms with E-state index in [4.69, 9.17) is 16.3 Å².